The molecular formula is C11H17NO3S. The van der Waals surface area contributed by atoms with E-state index in [2.05, 4.69) is 18.2 Å². The van der Waals surface area contributed by atoms with Gasteiger partial charge in [-0.2, -0.15) is 11.8 Å². The van der Waals surface area contributed by atoms with Gasteiger partial charge in [0.2, 0.25) is 5.91 Å². The zero-order chi connectivity index (χ0) is 12.4. The van der Waals surface area contributed by atoms with E-state index in [0.717, 1.165) is 18.6 Å². The first-order valence-corrected chi connectivity index (χ1v) is 6.30. The van der Waals surface area contributed by atoms with Crippen LogP contribution in [0.3, 0.4) is 0 Å². The van der Waals surface area contributed by atoms with Gasteiger partial charge < -0.3 is 10.4 Å². The molecule has 4 nitrogen and oxygen atoms in total. The van der Waals surface area contributed by atoms with Gasteiger partial charge in [0.05, 0.1) is 5.75 Å². The Bertz CT molecular complexity index is 273. The number of carbonyl (C=O) groups is 2. The van der Waals surface area contributed by atoms with E-state index in [1.54, 1.807) is 0 Å². The van der Waals surface area contributed by atoms with Crippen molar-refractivity contribution in [2.75, 3.05) is 11.5 Å². The third-order valence-electron chi connectivity index (χ3n) is 1.83. The van der Waals surface area contributed by atoms with Crippen molar-refractivity contribution in [3.8, 4) is 12.3 Å². The topological polar surface area (TPSA) is 66.4 Å². The van der Waals surface area contributed by atoms with Gasteiger partial charge in [0, 0.05) is 6.42 Å². The number of amides is 1. The molecule has 0 spiro atoms. The summed E-state index contributed by atoms with van der Waals surface area (Å²) in [7, 11) is 0. The number of carboxylic acid groups (broad SMARTS) is 1. The number of hydrogen-bond acceptors (Lipinski definition) is 3. The molecule has 16 heavy (non-hydrogen) atoms. The second kappa shape index (κ2) is 9.10. The Morgan fingerprint density at radius 2 is 2.25 bits per heavy atom. The van der Waals surface area contributed by atoms with Crippen LogP contribution in [-0.2, 0) is 9.59 Å². The molecule has 0 aromatic rings. The number of unbranched alkanes of at least 4 members (excludes halogenated alkanes) is 1. The fourth-order valence-corrected chi connectivity index (χ4v) is 1.87. The number of carboxylic acids is 1. The molecule has 0 aromatic carbocycles. The normalized spacial score (nSPS) is 11.5. The summed E-state index contributed by atoms with van der Waals surface area (Å²) < 4.78 is 0. The average Bonchev–Trinajstić information content (AvgIpc) is 2.23. The fraction of sp³-hybridized carbons (Fsp3) is 0.636. The molecular weight excluding hydrogens is 226 g/mol. The minimum atomic E-state index is -1.09. The maximum atomic E-state index is 11.3. The molecule has 0 fully saturated rings. The highest BCUT2D eigenvalue weighted by atomic mass is 32.2. The Morgan fingerprint density at radius 3 is 2.75 bits per heavy atom. The molecule has 2 N–H and O–H groups in total. The number of nitrogens with one attached hydrogen (secondary N) is 1. The van der Waals surface area contributed by atoms with E-state index < -0.39 is 12.0 Å². The lowest BCUT2D eigenvalue weighted by molar-refractivity contribution is -0.141. The molecule has 0 aliphatic heterocycles. The number of terminal acetylenes is 1. The van der Waals surface area contributed by atoms with Crippen LogP contribution < -0.4 is 5.32 Å². The molecule has 0 heterocycles. The largest absolute Gasteiger partial charge is 0.480 e. The highest BCUT2D eigenvalue weighted by Gasteiger charge is 2.18. The van der Waals surface area contributed by atoms with Crippen LogP contribution in [0.15, 0.2) is 0 Å². The van der Waals surface area contributed by atoms with Gasteiger partial charge in [-0.25, -0.2) is 4.79 Å². The average molecular weight is 243 g/mol. The summed E-state index contributed by atoms with van der Waals surface area (Å²) in [6.07, 6.45) is 7.17. The van der Waals surface area contributed by atoms with Crippen molar-refractivity contribution in [3.63, 3.8) is 0 Å². The fourth-order valence-electron chi connectivity index (χ4n) is 0.965. The number of hydrogen-bond donors (Lipinski definition) is 2. The van der Waals surface area contributed by atoms with E-state index in [-0.39, 0.29) is 18.1 Å². The molecule has 0 rings (SSSR count). The molecule has 0 bridgehead atoms. The summed E-state index contributed by atoms with van der Waals surface area (Å²) in [5.41, 5.74) is 0. The third kappa shape index (κ3) is 7.18. The van der Waals surface area contributed by atoms with Crippen molar-refractivity contribution >= 4 is 23.6 Å². The van der Waals surface area contributed by atoms with Gasteiger partial charge >= 0.3 is 5.97 Å². The summed E-state index contributed by atoms with van der Waals surface area (Å²) in [4.78, 5) is 22.0. The Morgan fingerprint density at radius 1 is 1.56 bits per heavy atom. The molecule has 0 saturated carbocycles. The van der Waals surface area contributed by atoms with Gasteiger partial charge in [0.1, 0.15) is 6.04 Å². The maximum Gasteiger partial charge on any atom is 0.327 e. The lowest BCUT2D eigenvalue weighted by atomic mass is 10.2. The first kappa shape index (κ1) is 14.8. The van der Waals surface area contributed by atoms with E-state index in [1.165, 1.54) is 11.8 Å². The molecule has 0 saturated heterocycles. The summed E-state index contributed by atoms with van der Waals surface area (Å²) in [5.74, 6) is 2.06. The summed E-state index contributed by atoms with van der Waals surface area (Å²) in [6.45, 7) is 2.08. The zero-order valence-corrected chi connectivity index (χ0v) is 10.2. The number of rotatable bonds is 8. The Balaban J connectivity index is 3.83. The van der Waals surface area contributed by atoms with Crippen LogP contribution in [0.2, 0.25) is 0 Å². The third-order valence-corrected chi connectivity index (χ3v) is 2.87. The summed E-state index contributed by atoms with van der Waals surface area (Å²) in [5, 5.41) is 11.1. The van der Waals surface area contributed by atoms with E-state index in [9.17, 15) is 9.59 Å². The van der Waals surface area contributed by atoms with Crippen LogP contribution in [0.4, 0.5) is 0 Å². The van der Waals surface area contributed by atoms with Crippen molar-refractivity contribution in [1.29, 1.82) is 0 Å². The van der Waals surface area contributed by atoms with Crippen molar-refractivity contribution < 1.29 is 14.7 Å². The van der Waals surface area contributed by atoms with Crippen LogP contribution in [-0.4, -0.2) is 34.5 Å². The molecule has 0 aliphatic rings. The standard InChI is InChI=1S/C11H17NO3S/c1-3-5-7-16-8-10(13)12-9(6-4-2)11(14)15/h2,9H,3,5-8H2,1H3,(H,12,13)(H,14,15). The van der Waals surface area contributed by atoms with Crippen LogP contribution in [0.5, 0.6) is 0 Å². The van der Waals surface area contributed by atoms with E-state index in [0.29, 0.717) is 0 Å². The van der Waals surface area contributed by atoms with Crippen LogP contribution in [0.25, 0.3) is 0 Å². The minimum Gasteiger partial charge on any atom is -0.480 e. The van der Waals surface area contributed by atoms with E-state index in [4.69, 9.17) is 11.5 Å². The van der Waals surface area contributed by atoms with Gasteiger partial charge in [-0.1, -0.05) is 13.3 Å². The number of carbonyl (C=O) groups excluding carboxylic acids is 1. The van der Waals surface area contributed by atoms with Crippen LogP contribution in [0.1, 0.15) is 26.2 Å². The first-order chi connectivity index (χ1) is 7.61. The first-order valence-electron chi connectivity index (χ1n) is 5.15. The Kier molecular flexibility index (Phi) is 8.45. The van der Waals surface area contributed by atoms with Crippen molar-refractivity contribution in [1.82, 2.24) is 5.32 Å². The predicted octanol–water partition coefficient (Wildman–Crippen LogP) is 1.11. The molecule has 0 aromatic heterocycles. The quantitative estimate of drug-likeness (QED) is 0.495. The van der Waals surface area contributed by atoms with Crippen molar-refractivity contribution in [2.45, 2.75) is 32.2 Å². The van der Waals surface area contributed by atoms with Gasteiger partial charge in [-0.15, -0.1) is 12.3 Å². The molecule has 1 atom stereocenters. The maximum absolute atomic E-state index is 11.3. The minimum absolute atomic E-state index is 0.0146. The molecule has 5 heteroatoms. The van der Waals surface area contributed by atoms with Gasteiger partial charge in [-0.3, -0.25) is 4.79 Å². The van der Waals surface area contributed by atoms with Crippen molar-refractivity contribution in [2.24, 2.45) is 0 Å². The lowest BCUT2D eigenvalue weighted by Crippen LogP contribution is -2.41. The molecule has 1 unspecified atom stereocenters. The molecule has 90 valence electrons. The second-order valence-electron chi connectivity index (χ2n) is 3.27. The number of aliphatic carboxylic acids is 1. The molecule has 0 radical (unpaired) electrons. The summed E-state index contributed by atoms with van der Waals surface area (Å²) >= 11 is 1.50. The number of thioether (sulfide) groups is 1. The SMILES string of the molecule is C#CCC(NC(=O)CSCCCC)C(=O)O. The highest BCUT2D eigenvalue weighted by Crippen LogP contribution is 2.04. The van der Waals surface area contributed by atoms with Gasteiger partial charge in [-0.05, 0) is 12.2 Å². The predicted molar refractivity (Wildman–Crippen MR) is 65.2 cm³/mol. The zero-order valence-electron chi connectivity index (χ0n) is 9.36. The highest BCUT2D eigenvalue weighted by molar-refractivity contribution is 7.99. The van der Waals surface area contributed by atoms with Crippen LogP contribution >= 0.6 is 11.8 Å². The Labute approximate surface area is 100 Å². The smallest absolute Gasteiger partial charge is 0.327 e. The second-order valence-corrected chi connectivity index (χ2v) is 4.38. The van der Waals surface area contributed by atoms with Gasteiger partial charge in [0.15, 0.2) is 0 Å². The lowest BCUT2D eigenvalue weighted by Gasteiger charge is -2.11. The molecule has 1 amide bonds. The van der Waals surface area contributed by atoms with E-state index in [1.807, 2.05) is 0 Å². The summed E-state index contributed by atoms with van der Waals surface area (Å²) in [6, 6.07) is -0.968. The van der Waals surface area contributed by atoms with Crippen LogP contribution in [0, 0.1) is 12.3 Å². The molecule has 0 aliphatic carbocycles. The van der Waals surface area contributed by atoms with Crippen molar-refractivity contribution in [3.05, 3.63) is 0 Å². The van der Waals surface area contributed by atoms with Gasteiger partial charge in [0.25, 0.3) is 0 Å². The van der Waals surface area contributed by atoms with E-state index >= 15 is 0 Å². The Hall–Kier alpha value is -1.15. The monoisotopic (exact) mass is 243 g/mol.